The molecule has 0 spiro atoms. The second-order valence-electron chi connectivity index (χ2n) is 2.92. The Labute approximate surface area is 81.3 Å². The van der Waals surface area contributed by atoms with Crippen molar-refractivity contribution in [1.29, 1.82) is 5.26 Å². The molecule has 0 N–H and O–H groups in total. The normalized spacial score (nSPS) is 9.21. The number of carbonyl (C=O) groups is 1. The molecule has 70 valence electrons. The number of ketones is 1. The predicted molar refractivity (Wildman–Crippen MR) is 50.3 cm³/mol. The highest BCUT2D eigenvalue weighted by molar-refractivity contribution is 6.08. The van der Waals surface area contributed by atoms with Gasteiger partial charge in [-0.05, 0) is 30.7 Å². The number of Topliss-reactive ketones (excluding diaryl/α,β-unsaturated/α-hetero) is 1. The molecule has 1 rings (SSSR count). The Balaban J connectivity index is 3.21. The number of nitrogens with zero attached hydrogens (tertiary/aromatic N) is 1. The van der Waals surface area contributed by atoms with Gasteiger partial charge >= 0.3 is 0 Å². The third-order valence-electron chi connectivity index (χ3n) is 1.74. The molecule has 2 nitrogen and oxygen atoms in total. The van der Waals surface area contributed by atoms with Crippen LogP contribution in [0.3, 0.4) is 0 Å². The Morgan fingerprint density at radius 3 is 2.71 bits per heavy atom. The molecule has 0 aliphatic heterocycles. The van der Waals surface area contributed by atoms with Crippen molar-refractivity contribution in [2.45, 2.75) is 6.92 Å². The van der Waals surface area contributed by atoms with Gasteiger partial charge in [0, 0.05) is 5.56 Å². The highest BCUT2D eigenvalue weighted by Crippen LogP contribution is 2.12. The summed E-state index contributed by atoms with van der Waals surface area (Å²) in [7, 11) is 0. The Morgan fingerprint density at radius 2 is 2.21 bits per heavy atom. The number of hydrogen-bond acceptors (Lipinski definition) is 2. The first-order chi connectivity index (χ1) is 6.56. The van der Waals surface area contributed by atoms with Crippen molar-refractivity contribution < 1.29 is 9.18 Å². The molecule has 0 heterocycles. The number of halogens is 1. The highest BCUT2D eigenvalue weighted by Gasteiger charge is 2.09. The number of nitriles is 1. The van der Waals surface area contributed by atoms with Crippen LogP contribution in [0.25, 0.3) is 0 Å². The van der Waals surface area contributed by atoms with Crippen molar-refractivity contribution in [3.63, 3.8) is 0 Å². The molecule has 14 heavy (non-hydrogen) atoms. The molecule has 0 unspecified atom stereocenters. The maximum Gasteiger partial charge on any atom is 0.188 e. The molecule has 0 bridgehead atoms. The number of hydrogen-bond donors (Lipinski definition) is 0. The number of benzene rings is 1. The van der Waals surface area contributed by atoms with Crippen molar-refractivity contribution in [3.05, 3.63) is 47.3 Å². The molecule has 0 fully saturated rings. The topological polar surface area (TPSA) is 40.9 Å². The van der Waals surface area contributed by atoms with Crippen LogP contribution in [0.2, 0.25) is 0 Å². The van der Waals surface area contributed by atoms with Crippen LogP contribution in [-0.2, 0) is 0 Å². The van der Waals surface area contributed by atoms with Crippen LogP contribution >= 0.6 is 0 Å². The first-order valence-corrected chi connectivity index (χ1v) is 3.96. The molecule has 0 amide bonds. The minimum absolute atomic E-state index is 0.128. The maximum absolute atomic E-state index is 12.9. The van der Waals surface area contributed by atoms with E-state index >= 15 is 0 Å². The molecule has 0 saturated heterocycles. The minimum atomic E-state index is -0.620. The summed E-state index contributed by atoms with van der Waals surface area (Å²) in [5, 5.41) is 8.54. The van der Waals surface area contributed by atoms with Crippen molar-refractivity contribution in [2.24, 2.45) is 0 Å². The second-order valence-corrected chi connectivity index (χ2v) is 2.92. The van der Waals surface area contributed by atoms with Crippen molar-refractivity contribution in [3.8, 4) is 6.07 Å². The number of rotatable bonds is 2. The zero-order valence-corrected chi connectivity index (χ0v) is 7.67. The summed E-state index contributed by atoms with van der Waals surface area (Å²) < 4.78 is 12.9. The Morgan fingerprint density at radius 1 is 1.57 bits per heavy atom. The fourth-order valence-electron chi connectivity index (χ4n) is 0.999. The first-order valence-electron chi connectivity index (χ1n) is 3.96. The number of allylic oxidation sites excluding steroid dienone is 1. The monoisotopic (exact) mass is 189 g/mol. The summed E-state index contributed by atoms with van der Waals surface area (Å²) >= 11 is 0. The van der Waals surface area contributed by atoms with Crippen LogP contribution in [0, 0.1) is 17.1 Å². The summed E-state index contributed by atoms with van der Waals surface area (Å²) in [6, 6.07) is 5.35. The Hall–Kier alpha value is -1.95. The van der Waals surface area contributed by atoms with E-state index in [1.165, 1.54) is 12.1 Å². The van der Waals surface area contributed by atoms with Gasteiger partial charge in [-0.3, -0.25) is 4.79 Å². The van der Waals surface area contributed by atoms with E-state index < -0.39 is 5.82 Å². The lowest BCUT2D eigenvalue weighted by atomic mass is 10.0. The number of carbonyl (C=O) groups excluding carboxylic acids is 1. The summed E-state index contributed by atoms with van der Waals surface area (Å²) in [5.41, 5.74) is 0.521. The molecule has 0 atom stereocenters. The fourth-order valence-corrected chi connectivity index (χ4v) is 0.999. The third-order valence-corrected chi connectivity index (χ3v) is 1.74. The zero-order chi connectivity index (χ0) is 10.7. The highest BCUT2D eigenvalue weighted by atomic mass is 19.1. The Bertz CT molecular complexity index is 443. The van der Waals surface area contributed by atoms with Crippen molar-refractivity contribution in [1.82, 2.24) is 0 Å². The minimum Gasteiger partial charge on any atom is -0.289 e. The standard InChI is InChI=1S/C11H8FNO/c1-7(2)11(14)8-3-4-10(12)9(5-8)6-13/h3-5H,1H2,2H3. The van der Waals surface area contributed by atoms with Crippen LogP contribution in [-0.4, -0.2) is 5.78 Å². The van der Waals surface area contributed by atoms with Gasteiger partial charge in [-0.1, -0.05) is 6.58 Å². The largest absolute Gasteiger partial charge is 0.289 e. The van der Waals surface area contributed by atoms with Crippen LogP contribution in [0.5, 0.6) is 0 Å². The van der Waals surface area contributed by atoms with E-state index in [0.717, 1.165) is 6.07 Å². The average molecular weight is 189 g/mol. The van der Waals surface area contributed by atoms with Crippen molar-refractivity contribution >= 4 is 5.78 Å². The predicted octanol–water partition coefficient (Wildman–Crippen LogP) is 2.46. The molecule has 0 aromatic heterocycles. The first kappa shape index (κ1) is 10.1. The molecule has 0 aliphatic rings. The summed E-state index contributed by atoms with van der Waals surface area (Å²) in [4.78, 5) is 11.4. The molecule has 1 aromatic rings. The van der Waals surface area contributed by atoms with E-state index in [0.29, 0.717) is 5.57 Å². The van der Waals surface area contributed by atoms with Crippen LogP contribution in [0.15, 0.2) is 30.4 Å². The summed E-state index contributed by atoms with van der Waals surface area (Å²) in [6.45, 7) is 5.05. The van der Waals surface area contributed by atoms with Crippen LogP contribution in [0.4, 0.5) is 4.39 Å². The van der Waals surface area contributed by atoms with E-state index in [1.807, 2.05) is 0 Å². The summed E-state index contributed by atoms with van der Waals surface area (Å²) in [5.74, 6) is -0.896. The zero-order valence-electron chi connectivity index (χ0n) is 7.67. The molecule has 1 aromatic carbocycles. The lowest BCUT2D eigenvalue weighted by molar-refractivity contribution is 0.103. The van der Waals surface area contributed by atoms with E-state index in [4.69, 9.17) is 5.26 Å². The van der Waals surface area contributed by atoms with Gasteiger partial charge in [0.05, 0.1) is 5.56 Å². The van der Waals surface area contributed by atoms with Gasteiger partial charge in [0.1, 0.15) is 11.9 Å². The van der Waals surface area contributed by atoms with E-state index in [2.05, 4.69) is 6.58 Å². The lowest BCUT2D eigenvalue weighted by Gasteiger charge is -2.00. The van der Waals surface area contributed by atoms with E-state index in [-0.39, 0.29) is 16.9 Å². The Kier molecular flexibility index (Phi) is 2.78. The SMILES string of the molecule is C=C(C)C(=O)c1ccc(F)c(C#N)c1. The lowest BCUT2D eigenvalue weighted by Crippen LogP contribution is -2.00. The smallest absolute Gasteiger partial charge is 0.188 e. The molecule has 3 heteroatoms. The quantitative estimate of drug-likeness (QED) is 0.529. The molecule has 0 radical (unpaired) electrons. The van der Waals surface area contributed by atoms with Crippen LogP contribution in [0.1, 0.15) is 22.8 Å². The molecular formula is C11H8FNO. The maximum atomic E-state index is 12.9. The summed E-state index contributed by atoms with van der Waals surface area (Å²) in [6.07, 6.45) is 0. The molecule has 0 saturated carbocycles. The van der Waals surface area contributed by atoms with Gasteiger partial charge in [-0.15, -0.1) is 0 Å². The average Bonchev–Trinajstić information content (AvgIpc) is 2.17. The van der Waals surface area contributed by atoms with Crippen LogP contribution < -0.4 is 0 Å². The van der Waals surface area contributed by atoms with Gasteiger partial charge < -0.3 is 0 Å². The van der Waals surface area contributed by atoms with E-state index in [9.17, 15) is 9.18 Å². The van der Waals surface area contributed by atoms with Gasteiger partial charge in [0.15, 0.2) is 5.78 Å². The van der Waals surface area contributed by atoms with E-state index in [1.54, 1.807) is 13.0 Å². The van der Waals surface area contributed by atoms with Gasteiger partial charge in [0.2, 0.25) is 0 Å². The van der Waals surface area contributed by atoms with Gasteiger partial charge in [0.25, 0.3) is 0 Å². The molecule has 0 aliphatic carbocycles. The fraction of sp³-hybridized carbons (Fsp3) is 0.0909. The second kappa shape index (κ2) is 3.84. The molecular weight excluding hydrogens is 181 g/mol. The van der Waals surface area contributed by atoms with Gasteiger partial charge in [-0.2, -0.15) is 5.26 Å². The third kappa shape index (κ3) is 1.86. The van der Waals surface area contributed by atoms with Gasteiger partial charge in [-0.25, -0.2) is 4.39 Å². The van der Waals surface area contributed by atoms with Crippen molar-refractivity contribution in [2.75, 3.05) is 0 Å².